The minimum absolute atomic E-state index is 0.343. The number of piperidine rings is 1. The molecule has 0 atom stereocenters. The Morgan fingerprint density at radius 2 is 1.73 bits per heavy atom. The summed E-state index contributed by atoms with van der Waals surface area (Å²) in [5, 5.41) is 4.38. The van der Waals surface area contributed by atoms with Crippen molar-refractivity contribution in [3.05, 3.63) is 57.2 Å². The number of hydrogen-bond acceptors (Lipinski definition) is 11. The van der Waals surface area contributed by atoms with Crippen LogP contribution in [0.25, 0.3) is 0 Å². The highest BCUT2D eigenvalue weighted by molar-refractivity contribution is 14.1. The van der Waals surface area contributed by atoms with Crippen LogP contribution < -0.4 is 24.7 Å². The van der Waals surface area contributed by atoms with Gasteiger partial charge in [-0.15, -0.1) is 0 Å². The fraction of sp³-hybridized carbons (Fsp3) is 0.393. The van der Waals surface area contributed by atoms with Crippen molar-refractivity contribution >= 4 is 52.6 Å². The Hall–Kier alpha value is -3.52. The molecule has 2 aliphatic rings. The Kier molecular flexibility index (Phi) is 9.60. The maximum Gasteiger partial charge on any atom is 0.344 e. The van der Waals surface area contributed by atoms with E-state index in [1.165, 1.54) is 6.42 Å². The standard InChI is InChI=1S/C28H32IN7O4/c1-2-39-24-18-20(10-11-23(24)40-25(37)21-8-4-5-9-22(21)29)19-30-34-26-31-27(35-12-6-3-7-13-35)33-28(32-26)36-14-16-38-17-15-36/h4-5,8-11,18-19H,2-3,6-7,12-17H2,1H3,(H,31,32,33,34)/b30-19-. The molecule has 0 bridgehead atoms. The molecule has 12 heteroatoms. The number of esters is 1. The lowest BCUT2D eigenvalue weighted by atomic mass is 10.1. The van der Waals surface area contributed by atoms with Crippen molar-refractivity contribution in [1.82, 2.24) is 15.0 Å². The van der Waals surface area contributed by atoms with Gasteiger partial charge < -0.3 is 24.0 Å². The number of carbonyl (C=O) groups excluding carboxylic acids is 1. The third-order valence-corrected chi connectivity index (χ3v) is 7.43. The van der Waals surface area contributed by atoms with Crippen molar-refractivity contribution in [3.63, 3.8) is 0 Å². The zero-order valence-corrected chi connectivity index (χ0v) is 24.5. The molecule has 2 aromatic carbocycles. The molecule has 2 saturated heterocycles. The average molecular weight is 658 g/mol. The molecule has 0 aliphatic carbocycles. The molecule has 0 unspecified atom stereocenters. The van der Waals surface area contributed by atoms with E-state index in [-0.39, 0.29) is 0 Å². The molecule has 2 aliphatic heterocycles. The number of nitrogens with zero attached hydrogens (tertiary/aromatic N) is 6. The predicted molar refractivity (Wildman–Crippen MR) is 162 cm³/mol. The second-order valence-corrected chi connectivity index (χ2v) is 10.4. The van der Waals surface area contributed by atoms with Crippen LogP contribution in [0.5, 0.6) is 11.5 Å². The fourth-order valence-electron chi connectivity index (χ4n) is 4.45. The van der Waals surface area contributed by atoms with Gasteiger partial charge in [0.2, 0.25) is 17.8 Å². The maximum atomic E-state index is 12.7. The quantitative estimate of drug-likeness (QED) is 0.117. The molecule has 11 nitrogen and oxygen atoms in total. The third kappa shape index (κ3) is 7.16. The van der Waals surface area contributed by atoms with Gasteiger partial charge in [-0.2, -0.15) is 20.1 Å². The topological polar surface area (TPSA) is 114 Å². The first-order chi connectivity index (χ1) is 19.6. The Morgan fingerprint density at radius 3 is 2.45 bits per heavy atom. The van der Waals surface area contributed by atoms with E-state index in [1.807, 2.05) is 19.1 Å². The number of hydrogen-bond donors (Lipinski definition) is 1. The largest absolute Gasteiger partial charge is 0.490 e. The monoisotopic (exact) mass is 657 g/mol. The highest BCUT2D eigenvalue weighted by Crippen LogP contribution is 2.29. The van der Waals surface area contributed by atoms with Gasteiger partial charge in [0.05, 0.1) is 31.6 Å². The van der Waals surface area contributed by atoms with Crippen molar-refractivity contribution in [1.29, 1.82) is 0 Å². The SMILES string of the molecule is CCOc1cc(/C=N\Nc2nc(N3CCCCC3)nc(N3CCOCC3)n2)ccc1OC(=O)c1ccccc1I. The zero-order valence-electron chi connectivity index (χ0n) is 22.4. The van der Waals surface area contributed by atoms with Crippen molar-refractivity contribution < 1.29 is 19.0 Å². The van der Waals surface area contributed by atoms with Gasteiger partial charge in [0.25, 0.3) is 0 Å². The summed E-state index contributed by atoms with van der Waals surface area (Å²) in [6.45, 7) is 6.89. The van der Waals surface area contributed by atoms with E-state index in [0.29, 0.717) is 54.7 Å². The summed E-state index contributed by atoms with van der Waals surface area (Å²) in [6, 6.07) is 12.6. The summed E-state index contributed by atoms with van der Waals surface area (Å²) in [5.74, 6) is 2.01. The van der Waals surface area contributed by atoms with Gasteiger partial charge in [-0.05, 0) is 84.7 Å². The normalized spacial score (nSPS) is 15.8. The number of aromatic nitrogens is 3. The van der Waals surface area contributed by atoms with Crippen LogP contribution in [0.15, 0.2) is 47.6 Å². The summed E-state index contributed by atoms with van der Waals surface area (Å²) in [6.07, 6.45) is 5.11. The Balaban J connectivity index is 1.32. The second-order valence-electron chi connectivity index (χ2n) is 9.28. The summed E-state index contributed by atoms with van der Waals surface area (Å²) < 4.78 is 17.7. The molecule has 1 N–H and O–H groups in total. The Morgan fingerprint density at radius 1 is 1.00 bits per heavy atom. The highest BCUT2D eigenvalue weighted by atomic mass is 127. The first-order valence-corrected chi connectivity index (χ1v) is 14.5. The van der Waals surface area contributed by atoms with Crippen LogP contribution in [0.4, 0.5) is 17.8 Å². The van der Waals surface area contributed by atoms with Gasteiger partial charge in [0.1, 0.15) is 0 Å². The fourth-order valence-corrected chi connectivity index (χ4v) is 5.06. The van der Waals surface area contributed by atoms with E-state index in [9.17, 15) is 4.79 Å². The number of anilines is 3. The summed E-state index contributed by atoms with van der Waals surface area (Å²) >= 11 is 2.12. The molecule has 5 rings (SSSR count). The number of nitrogens with one attached hydrogen (secondary N) is 1. The summed E-state index contributed by atoms with van der Waals surface area (Å²) in [4.78, 5) is 31.1. The minimum atomic E-state index is -0.440. The van der Waals surface area contributed by atoms with E-state index in [1.54, 1.807) is 36.5 Å². The van der Waals surface area contributed by atoms with E-state index < -0.39 is 5.97 Å². The van der Waals surface area contributed by atoms with Crippen LogP contribution in [0.3, 0.4) is 0 Å². The van der Waals surface area contributed by atoms with E-state index in [0.717, 1.165) is 48.2 Å². The number of rotatable bonds is 9. The Bertz CT molecular complexity index is 1310. The number of carbonyl (C=O) groups is 1. The zero-order chi connectivity index (χ0) is 27.7. The van der Waals surface area contributed by atoms with E-state index in [2.05, 4.69) is 52.9 Å². The molecule has 0 spiro atoms. The third-order valence-electron chi connectivity index (χ3n) is 6.49. The number of hydrazone groups is 1. The lowest BCUT2D eigenvalue weighted by molar-refractivity contribution is 0.0727. The molecule has 3 aromatic rings. The molecule has 40 heavy (non-hydrogen) atoms. The van der Waals surface area contributed by atoms with Crippen molar-refractivity contribution in [2.45, 2.75) is 26.2 Å². The van der Waals surface area contributed by atoms with Crippen LogP contribution in [-0.2, 0) is 4.74 Å². The first-order valence-electron chi connectivity index (χ1n) is 13.5. The van der Waals surface area contributed by atoms with Crippen LogP contribution in [-0.4, -0.2) is 73.1 Å². The molecule has 0 radical (unpaired) electrons. The molecule has 3 heterocycles. The Labute approximate surface area is 247 Å². The van der Waals surface area contributed by atoms with Crippen molar-refractivity contribution in [2.24, 2.45) is 5.10 Å². The molecule has 210 valence electrons. The minimum Gasteiger partial charge on any atom is -0.490 e. The van der Waals surface area contributed by atoms with Gasteiger partial charge in [0.15, 0.2) is 11.5 Å². The van der Waals surface area contributed by atoms with Gasteiger partial charge in [-0.1, -0.05) is 12.1 Å². The first kappa shape index (κ1) is 28.0. The number of ether oxygens (including phenoxy) is 3. The molecule has 0 amide bonds. The highest BCUT2D eigenvalue weighted by Gasteiger charge is 2.20. The van der Waals surface area contributed by atoms with Gasteiger partial charge in [0, 0.05) is 29.7 Å². The smallest absolute Gasteiger partial charge is 0.344 e. The van der Waals surface area contributed by atoms with Gasteiger partial charge >= 0.3 is 5.97 Å². The number of morpholine rings is 1. The average Bonchev–Trinajstić information content (AvgIpc) is 2.99. The summed E-state index contributed by atoms with van der Waals surface area (Å²) in [7, 11) is 0. The molecule has 0 saturated carbocycles. The van der Waals surface area contributed by atoms with Gasteiger partial charge in [-0.3, -0.25) is 0 Å². The molecule has 1 aromatic heterocycles. The van der Waals surface area contributed by atoms with E-state index in [4.69, 9.17) is 19.2 Å². The number of benzene rings is 2. The lowest BCUT2D eigenvalue weighted by Crippen LogP contribution is -2.38. The van der Waals surface area contributed by atoms with E-state index >= 15 is 0 Å². The predicted octanol–water partition coefficient (Wildman–Crippen LogP) is 4.37. The molecule has 2 fully saturated rings. The van der Waals surface area contributed by atoms with Crippen LogP contribution in [0.1, 0.15) is 42.1 Å². The number of halogens is 1. The second kappa shape index (κ2) is 13.7. The van der Waals surface area contributed by atoms with Crippen LogP contribution >= 0.6 is 22.6 Å². The maximum absolute atomic E-state index is 12.7. The molecular formula is C28H32IN7O4. The summed E-state index contributed by atoms with van der Waals surface area (Å²) in [5.41, 5.74) is 4.23. The van der Waals surface area contributed by atoms with Gasteiger partial charge in [-0.25, -0.2) is 10.2 Å². The lowest BCUT2D eigenvalue weighted by Gasteiger charge is -2.30. The van der Waals surface area contributed by atoms with Crippen LogP contribution in [0.2, 0.25) is 0 Å². The van der Waals surface area contributed by atoms with Crippen molar-refractivity contribution in [2.75, 3.05) is 61.2 Å². The van der Waals surface area contributed by atoms with Crippen LogP contribution in [0, 0.1) is 3.57 Å². The molecular weight excluding hydrogens is 625 g/mol. The van der Waals surface area contributed by atoms with Crippen molar-refractivity contribution in [3.8, 4) is 11.5 Å².